The molecule has 0 aromatic heterocycles. The standard InChI is InChI=1S/C24H22N2O2/c25-19-9-13-21(14-10-19)27-23-8-4-5-17-24(23,18-6-2-1-3-7-18)28-22-15-11-20(26)12-16-22/h1-17,23H,25-26H2. The van der Waals surface area contributed by atoms with Crippen molar-refractivity contribution in [2.75, 3.05) is 11.5 Å². The lowest BCUT2D eigenvalue weighted by Gasteiger charge is -2.39. The summed E-state index contributed by atoms with van der Waals surface area (Å²) in [7, 11) is 0. The van der Waals surface area contributed by atoms with Crippen molar-refractivity contribution in [3.8, 4) is 11.5 Å². The maximum absolute atomic E-state index is 6.55. The number of nitrogens with two attached hydrogens (primary N) is 2. The van der Waals surface area contributed by atoms with E-state index in [1.807, 2.05) is 103 Å². The molecule has 0 saturated carbocycles. The van der Waals surface area contributed by atoms with Crippen molar-refractivity contribution < 1.29 is 9.47 Å². The Morgan fingerprint density at radius 2 is 1.29 bits per heavy atom. The van der Waals surface area contributed by atoms with E-state index in [1.54, 1.807) is 0 Å². The number of hydrogen-bond donors (Lipinski definition) is 2. The lowest BCUT2D eigenvalue weighted by Crippen LogP contribution is -2.46. The van der Waals surface area contributed by atoms with Gasteiger partial charge in [0.15, 0.2) is 11.7 Å². The molecule has 3 aromatic rings. The third-order valence-electron chi connectivity index (χ3n) is 4.70. The Kier molecular flexibility index (Phi) is 4.77. The van der Waals surface area contributed by atoms with E-state index in [0.29, 0.717) is 17.1 Å². The molecular weight excluding hydrogens is 348 g/mol. The summed E-state index contributed by atoms with van der Waals surface area (Å²) in [6.07, 6.45) is 7.60. The first-order chi connectivity index (χ1) is 13.7. The first kappa shape index (κ1) is 17.7. The van der Waals surface area contributed by atoms with Crippen molar-refractivity contribution >= 4 is 11.4 Å². The van der Waals surface area contributed by atoms with Gasteiger partial charge in [-0.2, -0.15) is 0 Å². The Balaban J connectivity index is 1.75. The van der Waals surface area contributed by atoms with Crippen LogP contribution in [0.1, 0.15) is 5.56 Å². The molecule has 0 bridgehead atoms. The van der Waals surface area contributed by atoms with Crippen LogP contribution < -0.4 is 20.9 Å². The number of anilines is 2. The van der Waals surface area contributed by atoms with E-state index in [4.69, 9.17) is 20.9 Å². The van der Waals surface area contributed by atoms with Gasteiger partial charge in [0, 0.05) is 16.9 Å². The van der Waals surface area contributed by atoms with Crippen LogP contribution in [0.25, 0.3) is 0 Å². The van der Waals surface area contributed by atoms with Gasteiger partial charge in [-0.3, -0.25) is 0 Å². The Hall–Kier alpha value is -3.66. The van der Waals surface area contributed by atoms with Gasteiger partial charge in [0.05, 0.1) is 0 Å². The van der Waals surface area contributed by atoms with Crippen LogP contribution in [0, 0.1) is 0 Å². The second kappa shape index (κ2) is 7.53. The fraction of sp³-hybridized carbons (Fsp3) is 0.0833. The first-order valence-electron chi connectivity index (χ1n) is 9.14. The lowest BCUT2D eigenvalue weighted by atomic mass is 9.84. The second-order valence-corrected chi connectivity index (χ2v) is 6.68. The fourth-order valence-corrected chi connectivity index (χ4v) is 3.26. The minimum absolute atomic E-state index is 0.374. The number of allylic oxidation sites excluding steroid dienone is 2. The van der Waals surface area contributed by atoms with Gasteiger partial charge in [-0.05, 0) is 60.7 Å². The van der Waals surface area contributed by atoms with E-state index in [0.717, 1.165) is 11.3 Å². The molecular formula is C24H22N2O2. The van der Waals surface area contributed by atoms with E-state index in [9.17, 15) is 0 Å². The molecule has 2 atom stereocenters. The van der Waals surface area contributed by atoms with Crippen LogP contribution in [0.5, 0.6) is 11.5 Å². The molecule has 1 aliphatic carbocycles. The fourth-order valence-electron chi connectivity index (χ4n) is 3.26. The number of benzene rings is 3. The molecule has 2 unspecified atom stereocenters. The summed E-state index contributed by atoms with van der Waals surface area (Å²) < 4.78 is 12.9. The van der Waals surface area contributed by atoms with Gasteiger partial charge >= 0.3 is 0 Å². The Morgan fingerprint density at radius 1 is 0.679 bits per heavy atom. The monoisotopic (exact) mass is 370 g/mol. The average Bonchev–Trinajstić information content (AvgIpc) is 2.73. The Morgan fingerprint density at radius 3 is 1.93 bits per heavy atom. The van der Waals surface area contributed by atoms with E-state index >= 15 is 0 Å². The van der Waals surface area contributed by atoms with E-state index in [2.05, 4.69) is 0 Å². The number of hydrogen-bond acceptors (Lipinski definition) is 4. The maximum Gasteiger partial charge on any atom is 0.193 e. The third-order valence-corrected chi connectivity index (χ3v) is 4.70. The zero-order valence-electron chi connectivity index (χ0n) is 15.4. The number of ether oxygens (including phenoxy) is 2. The molecule has 4 heteroatoms. The average molecular weight is 370 g/mol. The highest BCUT2D eigenvalue weighted by molar-refractivity contribution is 5.45. The van der Waals surface area contributed by atoms with E-state index in [-0.39, 0.29) is 6.10 Å². The van der Waals surface area contributed by atoms with Crippen LogP contribution in [0.3, 0.4) is 0 Å². The second-order valence-electron chi connectivity index (χ2n) is 6.68. The largest absolute Gasteiger partial charge is 0.481 e. The zero-order chi connectivity index (χ0) is 19.4. The Labute approximate surface area is 164 Å². The molecule has 3 aromatic carbocycles. The SMILES string of the molecule is Nc1ccc(OC2C=CC=CC2(Oc2ccc(N)cc2)c2ccccc2)cc1. The van der Waals surface area contributed by atoms with Crippen LogP contribution in [-0.4, -0.2) is 6.10 Å². The summed E-state index contributed by atoms with van der Waals surface area (Å²) >= 11 is 0. The highest BCUT2D eigenvalue weighted by Crippen LogP contribution is 2.38. The summed E-state index contributed by atoms with van der Waals surface area (Å²) in [4.78, 5) is 0. The summed E-state index contributed by atoms with van der Waals surface area (Å²) in [6, 6.07) is 24.8. The molecule has 28 heavy (non-hydrogen) atoms. The van der Waals surface area contributed by atoms with Crippen LogP contribution in [-0.2, 0) is 5.60 Å². The van der Waals surface area contributed by atoms with Crippen molar-refractivity contribution in [3.63, 3.8) is 0 Å². The zero-order valence-corrected chi connectivity index (χ0v) is 15.4. The molecule has 0 amide bonds. The Bertz CT molecular complexity index is 979. The van der Waals surface area contributed by atoms with Crippen molar-refractivity contribution in [1.82, 2.24) is 0 Å². The predicted octanol–water partition coefficient (Wildman–Crippen LogP) is 4.70. The lowest BCUT2D eigenvalue weighted by molar-refractivity contribution is 0.0157. The quantitative estimate of drug-likeness (QED) is 0.639. The highest BCUT2D eigenvalue weighted by atomic mass is 16.6. The molecule has 0 heterocycles. The molecule has 4 rings (SSSR count). The van der Waals surface area contributed by atoms with Gasteiger partial charge in [-0.15, -0.1) is 0 Å². The molecule has 0 fully saturated rings. The van der Waals surface area contributed by atoms with Gasteiger partial charge in [0.2, 0.25) is 0 Å². The minimum Gasteiger partial charge on any atom is -0.481 e. The molecule has 1 aliphatic rings. The van der Waals surface area contributed by atoms with Crippen molar-refractivity contribution in [1.29, 1.82) is 0 Å². The van der Waals surface area contributed by atoms with Gasteiger partial charge < -0.3 is 20.9 Å². The normalized spacial score (nSPS) is 20.6. The van der Waals surface area contributed by atoms with E-state index < -0.39 is 5.60 Å². The van der Waals surface area contributed by atoms with Crippen molar-refractivity contribution in [2.24, 2.45) is 0 Å². The molecule has 4 N–H and O–H groups in total. The predicted molar refractivity (Wildman–Crippen MR) is 113 cm³/mol. The van der Waals surface area contributed by atoms with Gasteiger partial charge in [0.1, 0.15) is 11.5 Å². The van der Waals surface area contributed by atoms with Crippen LogP contribution >= 0.6 is 0 Å². The molecule has 140 valence electrons. The van der Waals surface area contributed by atoms with Gasteiger partial charge in [0.25, 0.3) is 0 Å². The smallest absolute Gasteiger partial charge is 0.193 e. The van der Waals surface area contributed by atoms with E-state index in [1.165, 1.54) is 0 Å². The maximum atomic E-state index is 6.55. The summed E-state index contributed by atoms with van der Waals surface area (Å²) in [6.45, 7) is 0. The molecule has 4 nitrogen and oxygen atoms in total. The van der Waals surface area contributed by atoms with Gasteiger partial charge in [-0.1, -0.05) is 42.5 Å². The molecule has 0 spiro atoms. The molecule has 0 saturated heterocycles. The van der Waals surface area contributed by atoms with Crippen LogP contribution in [0.4, 0.5) is 11.4 Å². The van der Waals surface area contributed by atoms with Crippen molar-refractivity contribution in [2.45, 2.75) is 11.7 Å². The first-order valence-corrected chi connectivity index (χ1v) is 9.14. The van der Waals surface area contributed by atoms with Gasteiger partial charge in [-0.25, -0.2) is 0 Å². The number of rotatable bonds is 5. The minimum atomic E-state index is -0.826. The highest BCUT2D eigenvalue weighted by Gasteiger charge is 2.42. The number of nitrogen functional groups attached to an aromatic ring is 2. The summed E-state index contributed by atoms with van der Waals surface area (Å²) in [5.74, 6) is 1.43. The summed E-state index contributed by atoms with van der Waals surface area (Å²) in [5.41, 5.74) is 13.2. The molecule has 0 aliphatic heterocycles. The third kappa shape index (κ3) is 3.58. The topological polar surface area (TPSA) is 70.5 Å². The van der Waals surface area contributed by atoms with Crippen LogP contribution in [0.15, 0.2) is 103 Å². The summed E-state index contributed by atoms with van der Waals surface area (Å²) in [5, 5.41) is 0. The van der Waals surface area contributed by atoms with Crippen LogP contribution in [0.2, 0.25) is 0 Å². The molecule has 0 radical (unpaired) electrons. The van der Waals surface area contributed by atoms with Crippen molar-refractivity contribution in [3.05, 3.63) is 109 Å².